The molecule has 39 heavy (non-hydrogen) atoms. The Balaban J connectivity index is 1.48. The average Bonchev–Trinajstić information content (AvgIpc) is 3.34. The standard InChI is InChI=1S/C30H43N5O3S/c1-3-5-6-7-8-9-10-11-12-13-14-15-16-17-24-27(29(38)32-4-2)39-30(34-24)35-28(37)23-19-18-22-20-31-21-33-25(22)26(23)36/h18-21,36H,3-17H2,1-2H3,(H,32,38)(H,34,35,37). The minimum atomic E-state index is -0.503. The number of aromatic nitrogens is 3. The van der Waals surface area contributed by atoms with Crippen LogP contribution in [0.1, 0.15) is 123 Å². The summed E-state index contributed by atoms with van der Waals surface area (Å²) >= 11 is 1.16. The zero-order valence-electron chi connectivity index (χ0n) is 23.4. The van der Waals surface area contributed by atoms with Gasteiger partial charge in [0.05, 0.1) is 11.3 Å². The number of hydrogen-bond donors (Lipinski definition) is 3. The van der Waals surface area contributed by atoms with Gasteiger partial charge in [-0.1, -0.05) is 101 Å². The Morgan fingerprint density at radius 1 is 0.872 bits per heavy atom. The number of thiazole rings is 1. The number of nitrogens with one attached hydrogen (secondary N) is 2. The van der Waals surface area contributed by atoms with Crippen molar-refractivity contribution in [1.82, 2.24) is 20.3 Å². The lowest BCUT2D eigenvalue weighted by Gasteiger charge is -2.06. The first-order chi connectivity index (χ1) is 19.0. The highest BCUT2D eigenvalue weighted by molar-refractivity contribution is 7.17. The van der Waals surface area contributed by atoms with Gasteiger partial charge in [0.2, 0.25) is 0 Å². The van der Waals surface area contributed by atoms with Gasteiger partial charge in [-0.2, -0.15) is 0 Å². The van der Waals surface area contributed by atoms with Crippen molar-refractivity contribution in [3.8, 4) is 5.75 Å². The van der Waals surface area contributed by atoms with Crippen LogP contribution in [0.5, 0.6) is 5.75 Å². The number of nitrogens with zero attached hydrogens (tertiary/aromatic N) is 3. The number of carbonyl (C=O) groups is 2. The average molecular weight is 554 g/mol. The van der Waals surface area contributed by atoms with E-state index in [0.29, 0.717) is 39.6 Å². The molecule has 212 valence electrons. The molecule has 0 unspecified atom stereocenters. The number of phenols is 1. The van der Waals surface area contributed by atoms with E-state index in [-0.39, 0.29) is 17.2 Å². The Bertz CT molecular complexity index is 1200. The quantitative estimate of drug-likeness (QED) is 0.141. The summed E-state index contributed by atoms with van der Waals surface area (Å²) in [7, 11) is 0. The molecular formula is C30H43N5O3S. The van der Waals surface area contributed by atoms with Crippen molar-refractivity contribution in [2.75, 3.05) is 11.9 Å². The molecular weight excluding hydrogens is 510 g/mol. The molecule has 0 aliphatic carbocycles. The van der Waals surface area contributed by atoms with Crippen LogP contribution in [0.4, 0.5) is 5.13 Å². The van der Waals surface area contributed by atoms with E-state index in [4.69, 9.17) is 0 Å². The molecule has 3 N–H and O–H groups in total. The topological polar surface area (TPSA) is 117 Å². The van der Waals surface area contributed by atoms with Gasteiger partial charge in [-0.25, -0.2) is 15.0 Å². The maximum absolute atomic E-state index is 12.9. The lowest BCUT2D eigenvalue weighted by Crippen LogP contribution is -2.22. The molecule has 0 saturated carbocycles. The highest BCUT2D eigenvalue weighted by Crippen LogP contribution is 2.29. The monoisotopic (exact) mass is 553 g/mol. The third-order valence-electron chi connectivity index (χ3n) is 6.87. The highest BCUT2D eigenvalue weighted by atomic mass is 32.1. The van der Waals surface area contributed by atoms with Crippen LogP contribution < -0.4 is 10.6 Å². The molecule has 2 heterocycles. The first-order valence-corrected chi connectivity index (χ1v) is 15.4. The fraction of sp³-hybridized carbons (Fsp3) is 0.567. The molecule has 0 aliphatic heterocycles. The molecule has 0 bridgehead atoms. The minimum absolute atomic E-state index is 0.0917. The molecule has 0 aliphatic rings. The number of benzene rings is 1. The number of hydrogen-bond acceptors (Lipinski definition) is 7. The summed E-state index contributed by atoms with van der Waals surface area (Å²) in [6.07, 6.45) is 20.2. The number of carbonyl (C=O) groups excluding carboxylic acids is 2. The number of aromatic hydroxyl groups is 1. The first kappa shape index (κ1) is 30.5. The number of aryl methyl sites for hydroxylation is 1. The van der Waals surface area contributed by atoms with Crippen LogP contribution >= 0.6 is 11.3 Å². The van der Waals surface area contributed by atoms with Gasteiger partial charge in [0.15, 0.2) is 10.9 Å². The SMILES string of the molecule is CCCCCCCCCCCCCCCc1nc(NC(=O)c2ccc3cncnc3c2O)sc1C(=O)NCC. The van der Waals surface area contributed by atoms with E-state index in [1.807, 2.05) is 6.92 Å². The van der Waals surface area contributed by atoms with E-state index >= 15 is 0 Å². The first-order valence-electron chi connectivity index (χ1n) is 14.6. The fourth-order valence-electron chi connectivity index (χ4n) is 4.69. The van der Waals surface area contributed by atoms with Crippen LogP contribution in [0.25, 0.3) is 10.9 Å². The number of rotatable bonds is 18. The van der Waals surface area contributed by atoms with Gasteiger partial charge < -0.3 is 10.4 Å². The Labute approximate surface area is 236 Å². The summed E-state index contributed by atoms with van der Waals surface area (Å²) in [5.74, 6) is -0.887. The highest BCUT2D eigenvalue weighted by Gasteiger charge is 2.21. The second kappa shape index (κ2) is 16.8. The van der Waals surface area contributed by atoms with Crippen molar-refractivity contribution >= 4 is 39.2 Å². The lowest BCUT2D eigenvalue weighted by atomic mass is 10.0. The molecule has 2 amide bonds. The number of fused-ring (bicyclic) bond motifs is 1. The molecule has 0 atom stereocenters. The van der Waals surface area contributed by atoms with Crippen molar-refractivity contribution in [1.29, 1.82) is 0 Å². The van der Waals surface area contributed by atoms with Crippen LogP contribution in [0.2, 0.25) is 0 Å². The molecule has 0 radical (unpaired) electrons. The van der Waals surface area contributed by atoms with Gasteiger partial charge in [0.25, 0.3) is 11.8 Å². The van der Waals surface area contributed by atoms with Gasteiger partial charge >= 0.3 is 0 Å². The Hall–Kier alpha value is -3.07. The zero-order valence-corrected chi connectivity index (χ0v) is 24.2. The molecule has 0 saturated heterocycles. The predicted molar refractivity (Wildman–Crippen MR) is 159 cm³/mol. The molecule has 1 aromatic carbocycles. The third kappa shape index (κ3) is 9.56. The molecule has 2 aromatic heterocycles. The Morgan fingerprint density at radius 3 is 2.15 bits per heavy atom. The van der Waals surface area contributed by atoms with Gasteiger partial charge in [-0.05, 0) is 25.8 Å². The number of unbranched alkanes of at least 4 members (excludes halogenated alkanes) is 12. The largest absolute Gasteiger partial charge is 0.505 e. The maximum Gasteiger partial charge on any atom is 0.263 e. The molecule has 9 heteroatoms. The summed E-state index contributed by atoms with van der Waals surface area (Å²) < 4.78 is 0. The second-order valence-corrected chi connectivity index (χ2v) is 11.0. The molecule has 0 spiro atoms. The van der Waals surface area contributed by atoms with Crippen molar-refractivity contribution in [2.24, 2.45) is 0 Å². The Kier molecular flexibility index (Phi) is 13.1. The van der Waals surface area contributed by atoms with Gasteiger partial charge in [-0.15, -0.1) is 0 Å². The molecule has 8 nitrogen and oxygen atoms in total. The molecule has 3 rings (SSSR count). The summed E-state index contributed by atoms with van der Waals surface area (Å²) in [5, 5.41) is 17.1. The van der Waals surface area contributed by atoms with E-state index in [9.17, 15) is 14.7 Å². The summed E-state index contributed by atoms with van der Waals surface area (Å²) in [4.78, 5) is 38.7. The van der Waals surface area contributed by atoms with E-state index in [0.717, 1.165) is 24.2 Å². The fourth-order valence-corrected chi connectivity index (χ4v) is 5.61. The summed E-state index contributed by atoms with van der Waals surface area (Å²) in [6, 6.07) is 3.22. The van der Waals surface area contributed by atoms with E-state index in [1.165, 1.54) is 83.0 Å². The van der Waals surface area contributed by atoms with Crippen molar-refractivity contribution in [3.05, 3.63) is 40.8 Å². The van der Waals surface area contributed by atoms with Crippen LogP contribution in [0, 0.1) is 0 Å². The van der Waals surface area contributed by atoms with Crippen molar-refractivity contribution < 1.29 is 14.7 Å². The van der Waals surface area contributed by atoms with E-state index in [1.54, 1.807) is 12.3 Å². The summed E-state index contributed by atoms with van der Waals surface area (Å²) in [5.41, 5.74) is 1.11. The molecule has 0 fully saturated rings. The van der Waals surface area contributed by atoms with Crippen LogP contribution in [0.15, 0.2) is 24.7 Å². The van der Waals surface area contributed by atoms with Crippen LogP contribution in [-0.2, 0) is 6.42 Å². The normalized spacial score (nSPS) is 11.1. The zero-order chi connectivity index (χ0) is 27.9. The third-order valence-corrected chi connectivity index (χ3v) is 7.88. The van der Waals surface area contributed by atoms with Gasteiger partial charge in [-0.3, -0.25) is 14.9 Å². The smallest absolute Gasteiger partial charge is 0.263 e. The van der Waals surface area contributed by atoms with E-state index < -0.39 is 5.91 Å². The number of phenolic OH excluding ortho intramolecular Hbond substituents is 1. The van der Waals surface area contributed by atoms with Gasteiger partial charge in [0.1, 0.15) is 16.7 Å². The lowest BCUT2D eigenvalue weighted by molar-refractivity contribution is 0.0957. The van der Waals surface area contributed by atoms with Crippen molar-refractivity contribution in [3.63, 3.8) is 0 Å². The maximum atomic E-state index is 12.9. The van der Waals surface area contributed by atoms with Crippen molar-refractivity contribution in [2.45, 2.75) is 104 Å². The second-order valence-electron chi connectivity index (χ2n) is 10.0. The molecule has 3 aromatic rings. The van der Waals surface area contributed by atoms with Crippen LogP contribution in [-0.4, -0.2) is 38.4 Å². The number of anilines is 1. The Morgan fingerprint density at radius 2 is 1.51 bits per heavy atom. The predicted octanol–water partition coefficient (Wildman–Crippen LogP) is 7.43. The van der Waals surface area contributed by atoms with E-state index in [2.05, 4.69) is 32.5 Å². The van der Waals surface area contributed by atoms with Gasteiger partial charge in [0, 0.05) is 18.1 Å². The minimum Gasteiger partial charge on any atom is -0.505 e. The van der Waals surface area contributed by atoms with Crippen LogP contribution in [0.3, 0.4) is 0 Å². The summed E-state index contributed by atoms with van der Waals surface area (Å²) in [6.45, 7) is 4.65. The number of amides is 2.